The summed E-state index contributed by atoms with van der Waals surface area (Å²) in [6.07, 6.45) is 2.49. The molecule has 0 aromatic carbocycles. The fourth-order valence-electron chi connectivity index (χ4n) is 2.69. The van der Waals surface area contributed by atoms with Gasteiger partial charge in [0.25, 0.3) is 0 Å². The van der Waals surface area contributed by atoms with Crippen LogP contribution in [-0.4, -0.2) is 52.7 Å². The Kier molecular flexibility index (Phi) is 3.95. The fourth-order valence-corrected chi connectivity index (χ4v) is 2.83. The second-order valence-electron chi connectivity index (χ2n) is 5.06. The molecule has 0 radical (unpaired) electrons. The van der Waals surface area contributed by atoms with Crippen molar-refractivity contribution in [3.8, 4) is 0 Å². The lowest BCUT2D eigenvalue weighted by Crippen LogP contribution is -2.45. The summed E-state index contributed by atoms with van der Waals surface area (Å²) in [6.45, 7) is 3.75. The Balaban J connectivity index is 1.96. The third-order valence-corrected chi connectivity index (χ3v) is 4.22. The van der Waals surface area contributed by atoms with Gasteiger partial charge in [-0.15, -0.1) is 11.6 Å². The number of rotatable bonds is 2. The van der Waals surface area contributed by atoms with E-state index in [0.29, 0.717) is 39.0 Å². The molecule has 0 aromatic rings. The highest BCUT2D eigenvalue weighted by Gasteiger charge is 2.44. The largest absolute Gasteiger partial charge is 0.393 e. The Morgan fingerprint density at radius 3 is 3.12 bits per heavy atom. The number of amides is 1. The lowest BCUT2D eigenvalue weighted by Gasteiger charge is -2.36. The van der Waals surface area contributed by atoms with Crippen LogP contribution in [-0.2, 0) is 9.53 Å². The van der Waals surface area contributed by atoms with E-state index in [0.717, 1.165) is 6.42 Å². The molecule has 98 valence electrons. The van der Waals surface area contributed by atoms with Gasteiger partial charge in [0.2, 0.25) is 5.91 Å². The van der Waals surface area contributed by atoms with Crippen LogP contribution >= 0.6 is 11.6 Å². The van der Waals surface area contributed by atoms with Gasteiger partial charge in [0.15, 0.2) is 0 Å². The monoisotopic (exact) mass is 261 g/mol. The topological polar surface area (TPSA) is 49.8 Å². The molecule has 0 aliphatic carbocycles. The van der Waals surface area contributed by atoms with Crippen LogP contribution in [0.25, 0.3) is 0 Å². The molecule has 0 aromatic heterocycles. The molecule has 0 unspecified atom stereocenters. The summed E-state index contributed by atoms with van der Waals surface area (Å²) in [5.74, 6) is -0.00490. The van der Waals surface area contributed by atoms with Crippen LogP contribution in [0.4, 0.5) is 0 Å². The third kappa shape index (κ3) is 2.75. The molecule has 2 saturated heterocycles. The van der Waals surface area contributed by atoms with Gasteiger partial charge in [0.1, 0.15) is 5.38 Å². The summed E-state index contributed by atoms with van der Waals surface area (Å²) < 4.78 is 5.79. The van der Waals surface area contributed by atoms with Crippen LogP contribution in [0.3, 0.4) is 0 Å². The number of carbonyl (C=O) groups excluding carboxylic acids is 1. The van der Waals surface area contributed by atoms with Gasteiger partial charge in [-0.2, -0.15) is 0 Å². The van der Waals surface area contributed by atoms with Crippen molar-refractivity contribution in [3.63, 3.8) is 0 Å². The van der Waals surface area contributed by atoms with Gasteiger partial charge in [-0.25, -0.2) is 0 Å². The minimum absolute atomic E-state index is 0.00490. The number of hydrogen-bond acceptors (Lipinski definition) is 3. The SMILES string of the molecule is CC[C@H](Cl)C(=O)N1CC[C@@]2(C[C@H](O)CCO2)C1. The van der Waals surface area contributed by atoms with E-state index in [1.165, 1.54) is 0 Å². The summed E-state index contributed by atoms with van der Waals surface area (Å²) in [6, 6.07) is 0. The smallest absolute Gasteiger partial charge is 0.240 e. The molecule has 1 amide bonds. The van der Waals surface area contributed by atoms with E-state index < -0.39 is 5.38 Å². The van der Waals surface area contributed by atoms with Crippen LogP contribution in [0, 0.1) is 0 Å². The molecule has 2 aliphatic heterocycles. The van der Waals surface area contributed by atoms with Crippen molar-refractivity contribution in [2.45, 2.75) is 49.7 Å². The predicted octanol–water partition coefficient (Wildman–Crippen LogP) is 1.15. The number of hydrogen-bond donors (Lipinski definition) is 1. The van der Waals surface area contributed by atoms with Crippen molar-refractivity contribution >= 4 is 17.5 Å². The zero-order chi connectivity index (χ0) is 12.5. The molecular weight excluding hydrogens is 242 g/mol. The Bertz CT molecular complexity index is 299. The maximum Gasteiger partial charge on any atom is 0.240 e. The Hall–Kier alpha value is -0.320. The number of nitrogens with zero attached hydrogens (tertiary/aromatic N) is 1. The summed E-state index contributed by atoms with van der Waals surface area (Å²) in [4.78, 5) is 13.7. The van der Waals surface area contributed by atoms with Gasteiger partial charge in [0, 0.05) is 26.1 Å². The molecule has 17 heavy (non-hydrogen) atoms. The van der Waals surface area contributed by atoms with Gasteiger partial charge in [0.05, 0.1) is 11.7 Å². The van der Waals surface area contributed by atoms with Gasteiger partial charge in [-0.3, -0.25) is 4.79 Å². The van der Waals surface area contributed by atoms with Crippen molar-refractivity contribution in [1.29, 1.82) is 0 Å². The molecule has 4 nitrogen and oxygen atoms in total. The number of halogens is 1. The first kappa shape index (κ1) is 13.1. The minimum atomic E-state index is -0.432. The average molecular weight is 262 g/mol. The summed E-state index contributed by atoms with van der Waals surface area (Å²) in [5, 5.41) is 9.27. The first-order chi connectivity index (χ1) is 8.06. The van der Waals surface area contributed by atoms with Gasteiger partial charge in [-0.05, 0) is 19.3 Å². The molecule has 5 heteroatoms. The average Bonchev–Trinajstić information content (AvgIpc) is 2.70. The molecule has 3 atom stereocenters. The normalized spacial score (nSPS) is 35.2. The van der Waals surface area contributed by atoms with Crippen LogP contribution < -0.4 is 0 Å². The summed E-state index contributed by atoms with van der Waals surface area (Å²) >= 11 is 5.97. The van der Waals surface area contributed by atoms with Crippen LogP contribution in [0.1, 0.15) is 32.6 Å². The lowest BCUT2D eigenvalue weighted by atomic mass is 9.91. The number of aliphatic hydroxyl groups excluding tert-OH is 1. The second kappa shape index (κ2) is 5.12. The van der Waals surface area contributed by atoms with Crippen LogP contribution in [0.5, 0.6) is 0 Å². The first-order valence-corrected chi connectivity index (χ1v) is 6.75. The van der Waals surface area contributed by atoms with Crippen LogP contribution in [0.2, 0.25) is 0 Å². The van der Waals surface area contributed by atoms with Gasteiger partial charge in [-0.1, -0.05) is 6.92 Å². The highest BCUT2D eigenvalue weighted by molar-refractivity contribution is 6.30. The maximum atomic E-state index is 12.0. The molecule has 0 bridgehead atoms. The Morgan fingerprint density at radius 1 is 1.71 bits per heavy atom. The van der Waals surface area contributed by atoms with E-state index in [4.69, 9.17) is 16.3 Å². The standard InChI is InChI=1S/C12H20ClNO3/c1-2-10(13)11(16)14-5-4-12(8-14)7-9(15)3-6-17-12/h9-10,15H,2-8H2,1H3/t9-,10+,12-/m1/s1. The van der Waals surface area contributed by atoms with Crippen molar-refractivity contribution in [3.05, 3.63) is 0 Å². The maximum absolute atomic E-state index is 12.0. The van der Waals surface area contributed by atoms with E-state index in [-0.39, 0.29) is 17.6 Å². The molecule has 2 heterocycles. The highest BCUT2D eigenvalue weighted by atomic mass is 35.5. The quantitative estimate of drug-likeness (QED) is 0.759. The van der Waals surface area contributed by atoms with E-state index in [1.807, 2.05) is 6.92 Å². The number of likely N-dealkylation sites (tertiary alicyclic amines) is 1. The van der Waals surface area contributed by atoms with Crippen LogP contribution in [0.15, 0.2) is 0 Å². The third-order valence-electron chi connectivity index (χ3n) is 3.72. The van der Waals surface area contributed by atoms with Crippen molar-refractivity contribution in [2.24, 2.45) is 0 Å². The fraction of sp³-hybridized carbons (Fsp3) is 0.917. The number of ether oxygens (including phenoxy) is 1. The first-order valence-electron chi connectivity index (χ1n) is 6.31. The van der Waals surface area contributed by atoms with Crippen molar-refractivity contribution in [2.75, 3.05) is 19.7 Å². The molecule has 2 aliphatic rings. The van der Waals surface area contributed by atoms with E-state index >= 15 is 0 Å². The van der Waals surface area contributed by atoms with Gasteiger partial charge < -0.3 is 14.7 Å². The summed E-state index contributed by atoms with van der Waals surface area (Å²) in [5.41, 5.74) is -0.322. The van der Waals surface area contributed by atoms with E-state index in [2.05, 4.69) is 0 Å². The number of carbonyl (C=O) groups is 1. The molecule has 2 rings (SSSR count). The number of aliphatic hydroxyl groups is 1. The summed E-state index contributed by atoms with van der Waals surface area (Å²) in [7, 11) is 0. The lowest BCUT2D eigenvalue weighted by molar-refractivity contribution is -0.135. The van der Waals surface area contributed by atoms with Gasteiger partial charge >= 0.3 is 0 Å². The molecule has 0 saturated carbocycles. The zero-order valence-electron chi connectivity index (χ0n) is 10.2. The zero-order valence-corrected chi connectivity index (χ0v) is 10.9. The van der Waals surface area contributed by atoms with E-state index in [9.17, 15) is 9.90 Å². The number of alkyl halides is 1. The predicted molar refractivity (Wildman–Crippen MR) is 65.1 cm³/mol. The van der Waals surface area contributed by atoms with Crippen molar-refractivity contribution in [1.82, 2.24) is 4.90 Å². The highest BCUT2D eigenvalue weighted by Crippen LogP contribution is 2.34. The Morgan fingerprint density at radius 2 is 2.47 bits per heavy atom. The van der Waals surface area contributed by atoms with E-state index in [1.54, 1.807) is 4.90 Å². The molecule has 1 spiro atoms. The molecule has 1 N–H and O–H groups in total. The molecule has 2 fully saturated rings. The second-order valence-corrected chi connectivity index (χ2v) is 5.59. The molecular formula is C12H20ClNO3. The van der Waals surface area contributed by atoms with Crippen molar-refractivity contribution < 1.29 is 14.6 Å². The Labute approximate surface area is 107 Å². The minimum Gasteiger partial charge on any atom is -0.393 e.